The van der Waals surface area contributed by atoms with Crippen molar-refractivity contribution in [3.63, 3.8) is 0 Å². The Kier molecular flexibility index (Phi) is 3.83. The van der Waals surface area contributed by atoms with Crippen LogP contribution < -0.4 is 15.0 Å². The lowest BCUT2D eigenvalue weighted by Gasteiger charge is -2.25. The van der Waals surface area contributed by atoms with Crippen LogP contribution in [0, 0.1) is 11.6 Å². The van der Waals surface area contributed by atoms with Crippen molar-refractivity contribution in [1.82, 2.24) is 15.3 Å². The highest BCUT2D eigenvalue weighted by Gasteiger charge is 2.24. The number of anilines is 1. The number of halogens is 2. The molecule has 2 heterocycles. The SMILES string of the molecule is O=C1CCN(c2cnc(Oc3ccc(F)c(F)c3)nc2)C(=O)N1. The molecule has 23 heavy (non-hydrogen) atoms. The molecule has 9 heteroatoms. The number of benzene rings is 1. The molecule has 0 saturated carbocycles. The van der Waals surface area contributed by atoms with Gasteiger partial charge in [0.15, 0.2) is 11.6 Å². The Morgan fingerprint density at radius 3 is 2.52 bits per heavy atom. The molecule has 1 aromatic heterocycles. The maximum atomic E-state index is 13.1. The van der Waals surface area contributed by atoms with Crippen LogP contribution in [-0.4, -0.2) is 28.5 Å². The van der Waals surface area contributed by atoms with Gasteiger partial charge in [0.25, 0.3) is 0 Å². The molecule has 0 aliphatic carbocycles. The van der Waals surface area contributed by atoms with Crippen LogP contribution in [0.25, 0.3) is 0 Å². The first-order chi connectivity index (χ1) is 11.0. The molecule has 0 atom stereocenters. The van der Waals surface area contributed by atoms with E-state index in [0.717, 1.165) is 12.1 Å². The summed E-state index contributed by atoms with van der Waals surface area (Å²) in [6, 6.07) is 2.39. The molecule has 1 saturated heterocycles. The second-order valence-corrected chi connectivity index (χ2v) is 4.66. The number of urea groups is 1. The predicted octanol–water partition coefficient (Wildman–Crippen LogP) is 1.99. The number of amides is 3. The lowest BCUT2D eigenvalue weighted by Crippen LogP contribution is -2.49. The van der Waals surface area contributed by atoms with E-state index >= 15 is 0 Å². The minimum Gasteiger partial charge on any atom is -0.424 e. The molecule has 1 N–H and O–H groups in total. The van der Waals surface area contributed by atoms with Crippen LogP contribution in [-0.2, 0) is 4.79 Å². The van der Waals surface area contributed by atoms with E-state index in [1.54, 1.807) is 0 Å². The van der Waals surface area contributed by atoms with Crippen molar-refractivity contribution in [2.45, 2.75) is 6.42 Å². The van der Waals surface area contributed by atoms with Crippen LogP contribution in [0.1, 0.15) is 6.42 Å². The van der Waals surface area contributed by atoms with E-state index in [-0.39, 0.29) is 30.6 Å². The Balaban J connectivity index is 1.73. The molecule has 1 aromatic carbocycles. The molecular weight excluding hydrogens is 310 g/mol. The Hall–Kier alpha value is -3.10. The number of carbonyl (C=O) groups is 2. The fourth-order valence-electron chi connectivity index (χ4n) is 1.96. The third kappa shape index (κ3) is 3.23. The van der Waals surface area contributed by atoms with Crippen molar-refractivity contribution < 1.29 is 23.1 Å². The maximum absolute atomic E-state index is 13.1. The average molecular weight is 320 g/mol. The van der Waals surface area contributed by atoms with Gasteiger partial charge in [0.05, 0.1) is 18.1 Å². The molecule has 0 radical (unpaired) electrons. The van der Waals surface area contributed by atoms with E-state index in [2.05, 4.69) is 15.3 Å². The highest BCUT2D eigenvalue weighted by atomic mass is 19.2. The first-order valence-electron chi connectivity index (χ1n) is 6.59. The fraction of sp³-hybridized carbons (Fsp3) is 0.143. The van der Waals surface area contributed by atoms with E-state index in [4.69, 9.17) is 4.74 Å². The van der Waals surface area contributed by atoms with Crippen LogP contribution in [0.2, 0.25) is 0 Å². The zero-order chi connectivity index (χ0) is 16.4. The quantitative estimate of drug-likeness (QED) is 0.935. The molecule has 118 valence electrons. The molecule has 7 nitrogen and oxygen atoms in total. The van der Waals surface area contributed by atoms with Gasteiger partial charge in [-0.05, 0) is 12.1 Å². The Labute approximate surface area is 128 Å². The summed E-state index contributed by atoms with van der Waals surface area (Å²) in [5.41, 5.74) is 0.382. The van der Waals surface area contributed by atoms with Crippen LogP contribution >= 0.6 is 0 Å². The normalized spacial score (nSPS) is 14.6. The molecule has 3 rings (SSSR count). The first kappa shape index (κ1) is 14.8. The van der Waals surface area contributed by atoms with E-state index in [0.29, 0.717) is 5.69 Å². The summed E-state index contributed by atoms with van der Waals surface area (Å²) in [5.74, 6) is -2.34. The zero-order valence-corrected chi connectivity index (χ0v) is 11.6. The minimum absolute atomic E-state index is 0.0398. The van der Waals surface area contributed by atoms with Gasteiger partial charge in [-0.3, -0.25) is 15.0 Å². The molecular formula is C14H10F2N4O3. The van der Waals surface area contributed by atoms with Gasteiger partial charge in [-0.25, -0.2) is 23.5 Å². The Bertz CT molecular complexity index is 767. The molecule has 1 aliphatic heterocycles. The summed E-state index contributed by atoms with van der Waals surface area (Å²) in [7, 11) is 0. The van der Waals surface area contributed by atoms with Gasteiger partial charge in [-0.15, -0.1) is 0 Å². The summed E-state index contributed by atoms with van der Waals surface area (Å²) in [4.78, 5) is 31.9. The predicted molar refractivity (Wildman–Crippen MR) is 74.0 cm³/mol. The van der Waals surface area contributed by atoms with Gasteiger partial charge >= 0.3 is 12.0 Å². The van der Waals surface area contributed by atoms with Gasteiger partial charge < -0.3 is 4.74 Å². The fourth-order valence-corrected chi connectivity index (χ4v) is 1.96. The second-order valence-electron chi connectivity index (χ2n) is 4.66. The number of nitrogens with zero attached hydrogens (tertiary/aromatic N) is 3. The van der Waals surface area contributed by atoms with E-state index in [1.165, 1.54) is 23.4 Å². The van der Waals surface area contributed by atoms with Crippen molar-refractivity contribution in [1.29, 1.82) is 0 Å². The molecule has 0 unspecified atom stereocenters. The van der Waals surface area contributed by atoms with E-state index in [9.17, 15) is 18.4 Å². The molecule has 0 spiro atoms. The summed E-state index contributed by atoms with van der Waals surface area (Å²) < 4.78 is 31.1. The van der Waals surface area contributed by atoms with Crippen molar-refractivity contribution in [3.05, 3.63) is 42.2 Å². The van der Waals surface area contributed by atoms with Gasteiger partial charge in [0.2, 0.25) is 5.91 Å². The van der Waals surface area contributed by atoms with Crippen LogP contribution in [0.4, 0.5) is 19.3 Å². The number of imide groups is 1. The van der Waals surface area contributed by atoms with Crippen molar-refractivity contribution in [2.24, 2.45) is 0 Å². The van der Waals surface area contributed by atoms with Gasteiger partial charge in [-0.2, -0.15) is 0 Å². The largest absolute Gasteiger partial charge is 0.424 e. The Morgan fingerprint density at radius 2 is 1.87 bits per heavy atom. The molecule has 1 aliphatic rings. The Morgan fingerprint density at radius 1 is 1.13 bits per heavy atom. The monoisotopic (exact) mass is 320 g/mol. The van der Waals surface area contributed by atoms with Crippen LogP contribution in [0.15, 0.2) is 30.6 Å². The van der Waals surface area contributed by atoms with Crippen molar-refractivity contribution in [3.8, 4) is 11.8 Å². The van der Waals surface area contributed by atoms with E-state index < -0.39 is 17.7 Å². The number of ether oxygens (including phenoxy) is 1. The van der Waals surface area contributed by atoms with Crippen LogP contribution in [0.5, 0.6) is 11.8 Å². The highest BCUT2D eigenvalue weighted by Crippen LogP contribution is 2.22. The van der Waals surface area contributed by atoms with Crippen molar-refractivity contribution in [2.75, 3.05) is 11.4 Å². The average Bonchev–Trinajstić information content (AvgIpc) is 2.52. The highest BCUT2D eigenvalue weighted by molar-refractivity contribution is 6.05. The first-order valence-corrected chi connectivity index (χ1v) is 6.59. The van der Waals surface area contributed by atoms with Crippen LogP contribution in [0.3, 0.4) is 0 Å². The molecule has 2 aromatic rings. The maximum Gasteiger partial charge on any atom is 0.328 e. The summed E-state index contributed by atoms with van der Waals surface area (Å²) in [6.45, 7) is 0.220. The smallest absolute Gasteiger partial charge is 0.328 e. The van der Waals surface area contributed by atoms with Gasteiger partial charge in [-0.1, -0.05) is 0 Å². The third-order valence-electron chi connectivity index (χ3n) is 3.08. The topological polar surface area (TPSA) is 84.4 Å². The number of nitrogens with one attached hydrogen (secondary N) is 1. The van der Waals surface area contributed by atoms with Gasteiger partial charge in [0, 0.05) is 19.0 Å². The lowest BCUT2D eigenvalue weighted by atomic mass is 10.3. The lowest BCUT2D eigenvalue weighted by molar-refractivity contribution is -0.120. The zero-order valence-electron chi connectivity index (χ0n) is 11.6. The number of rotatable bonds is 3. The second kappa shape index (κ2) is 5.95. The summed E-state index contributed by atoms with van der Waals surface area (Å²) in [5, 5.41) is 2.18. The van der Waals surface area contributed by atoms with Crippen molar-refractivity contribution >= 4 is 17.6 Å². The summed E-state index contributed by atoms with van der Waals surface area (Å²) in [6.07, 6.45) is 2.84. The number of carbonyl (C=O) groups excluding carboxylic acids is 2. The minimum atomic E-state index is -1.05. The molecule has 3 amide bonds. The van der Waals surface area contributed by atoms with Gasteiger partial charge in [0.1, 0.15) is 5.75 Å². The van der Waals surface area contributed by atoms with E-state index in [1.807, 2.05) is 0 Å². The molecule has 1 fully saturated rings. The number of aromatic nitrogens is 2. The third-order valence-corrected chi connectivity index (χ3v) is 3.08. The standard InChI is InChI=1S/C14H10F2N4O3/c15-10-2-1-9(5-11(10)16)23-13-17-6-8(7-18-13)20-4-3-12(21)19-14(20)22/h1-2,5-7H,3-4H2,(H,19,21,22). The number of hydrogen-bond donors (Lipinski definition) is 1. The number of hydrogen-bond acceptors (Lipinski definition) is 5. The molecule has 0 bridgehead atoms. The summed E-state index contributed by atoms with van der Waals surface area (Å²) >= 11 is 0.